The molecule has 4 aromatic heterocycles. The summed E-state index contributed by atoms with van der Waals surface area (Å²) < 4.78 is 32.2. The van der Waals surface area contributed by atoms with E-state index in [1.165, 1.54) is 24.3 Å². The van der Waals surface area contributed by atoms with E-state index in [1.54, 1.807) is 49.1 Å². The molecule has 0 radical (unpaired) electrons. The summed E-state index contributed by atoms with van der Waals surface area (Å²) in [4.78, 5) is 32.3. The number of aromatic nitrogens is 4. The van der Waals surface area contributed by atoms with Gasteiger partial charge in [0.05, 0.1) is 38.3 Å². The van der Waals surface area contributed by atoms with Crippen molar-refractivity contribution in [3.8, 4) is 44.8 Å². The molecule has 4 heterocycles. The van der Waals surface area contributed by atoms with Gasteiger partial charge in [-0.15, -0.1) is 0 Å². The molecule has 0 fully saturated rings. The number of hydrogen-bond acceptors (Lipinski definition) is 4. The lowest BCUT2D eigenvalue weighted by molar-refractivity contribution is -0.116. The minimum Gasteiger partial charge on any atom is -0.343 e. The first-order chi connectivity index (χ1) is 31.0. The van der Waals surface area contributed by atoms with Crippen LogP contribution in [0.15, 0.2) is 145 Å². The molecular formula is C53H51BrF2N6O2. The maximum absolute atomic E-state index is 13.6. The Bertz CT molecular complexity index is 2950. The maximum atomic E-state index is 13.6. The summed E-state index contributed by atoms with van der Waals surface area (Å²) in [5, 5.41) is 8.03. The highest BCUT2D eigenvalue weighted by Crippen LogP contribution is 2.45. The van der Waals surface area contributed by atoms with E-state index >= 15 is 0 Å². The second kappa shape index (κ2) is 21.4. The molecule has 2 amide bonds. The molecule has 0 spiro atoms. The lowest BCUT2D eigenvalue weighted by atomic mass is 9.97. The molecule has 0 aliphatic heterocycles. The predicted molar refractivity (Wildman–Crippen MR) is 264 cm³/mol. The first kappa shape index (κ1) is 46.5. The van der Waals surface area contributed by atoms with Crippen LogP contribution in [0.25, 0.3) is 72.7 Å². The van der Waals surface area contributed by atoms with Gasteiger partial charge in [0.1, 0.15) is 11.6 Å². The second-order valence-electron chi connectivity index (χ2n) is 14.8. The summed E-state index contributed by atoms with van der Waals surface area (Å²) in [6.45, 7) is 9.61. The fourth-order valence-corrected chi connectivity index (χ4v) is 8.32. The van der Waals surface area contributed by atoms with Crippen molar-refractivity contribution in [1.29, 1.82) is 0 Å². The van der Waals surface area contributed by atoms with Gasteiger partial charge in [-0.3, -0.25) is 19.6 Å². The van der Waals surface area contributed by atoms with Crippen molar-refractivity contribution in [3.63, 3.8) is 0 Å². The number of allylic oxidation sites excluding steroid dienone is 3. The second-order valence-corrected chi connectivity index (χ2v) is 15.6. The topological polar surface area (TPSA) is 93.8 Å². The number of fused-ring (bicyclic) bond motifs is 2. The number of halogens is 3. The van der Waals surface area contributed by atoms with Crippen molar-refractivity contribution in [1.82, 2.24) is 19.1 Å². The number of pyridine rings is 2. The fraction of sp³-hybridized carbons (Fsp3) is 0.170. The lowest BCUT2D eigenvalue weighted by Crippen LogP contribution is -2.10. The summed E-state index contributed by atoms with van der Waals surface area (Å²) in [7, 11) is 3.98. The Morgan fingerprint density at radius 2 is 0.969 bits per heavy atom. The summed E-state index contributed by atoms with van der Waals surface area (Å²) in [5.41, 5.74) is 12.3. The molecule has 0 bridgehead atoms. The quantitative estimate of drug-likeness (QED) is 0.141. The number of nitrogens with one attached hydrogen (secondary N) is 2. The summed E-state index contributed by atoms with van der Waals surface area (Å²) >= 11 is 3.69. The molecular weight excluding hydrogens is 871 g/mol. The zero-order valence-corrected chi connectivity index (χ0v) is 38.6. The van der Waals surface area contributed by atoms with Crippen LogP contribution in [0, 0.1) is 11.6 Å². The van der Waals surface area contributed by atoms with Gasteiger partial charge in [-0.05, 0) is 144 Å². The van der Waals surface area contributed by atoms with E-state index in [9.17, 15) is 18.4 Å². The van der Waals surface area contributed by atoms with Crippen LogP contribution in [0.1, 0.15) is 53.0 Å². The van der Waals surface area contributed by atoms with Crippen molar-refractivity contribution >= 4 is 67.0 Å². The molecule has 326 valence electrons. The number of anilines is 2. The van der Waals surface area contributed by atoms with Crippen LogP contribution in [-0.4, -0.2) is 30.9 Å². The Labute approximate surface area is 381 Å². The standard InChI is InChI=1S/C26H24FN3O.C23H19BrFN3O.C4H8/c1-4-6-20-22(29-23(31)5-2)12-11-21-24(17-13-15-28-16-14-17)25(30(3)26(20)21)18-7-9-19(27)10-8-18;1-3-19(29)27-18-9-8-17-20(14-10-12-26-13-11-14)22(28(2)23(17)21(18)24)15-4-6-16(25)7-5-15;1-3-4-2/h4,6-16H,5H2,1-3H3,(H,29,31);4-13H,3H2,1-2H3,(H,27,29);3-4H,1-2H3/b6-4+;;4-3+. The molecule has 8 rings (SSSR count). The molecule has 11 heteroatoms. The number of carbonyl (C=O) groups is 2. The number of carbonyl (C=O) groups excluding carboxylic acids is 2. The summed E-state index contributed by atoms with van der Waals surface area (Å²) in [6, 6.07) is 28.8. The number of aryl methyl sites for hydroxylation is 2. The van der Waals surface area contributed by atoms with Gasteiger partial charge >= 0.3 is 0 Å². The summed E-state index contributed by atoms with van der Waals surface area (Å²) in [6.07, 6.45) is 15.8. The third-order valence-electron chi connectivity index (χ3n) is 10.7. The molecule has 0 aliphatic rings. The van der Waals surface area contributed by atoms with Gasteiger partial charge in [0.25, 0.3) is 0 Å². The third kappa shape index (κ3) is 9.95. The zero-order chi connectivity index (χ0) is 45.9. The largest absolute Gasteiger partial charge is 0.343 e. The van der Waals surface area contributed by atoms with Crippen molar-refractivity contribution in [3.05, 3.63) is 162 Å². The maximum Gasteiger partial charge on any atom is 0.224 e. The summed E-state index contributed by atoms with van der Waals surface area (Å²) in [5.74, 6) is -0.629. The van der Waals surface area contributed by atoms with Gasteiger partial charge in [0.2, 0.25) is 11.8 Å². The van der Waals surface area contributed by atoms with Crippen LogP contribution in [-0.2, 0) is 23.7 Å². The van der Waals surface area contributed by atoms with E-state index in [2.05, 4.69) is 45.7 Å². The van der Waals surface area contributed by atoms with Gasteiger partial charge in [0.15, 0.2) is 0 Å². The molecule has 0 unspecified atom stereocenters. The minimum atomic E-state index is -0.274. The number of rotatable bonds is 9. The minimum absolute atomic E-state index is 0.0348. The molecule has 8 aromatic rings. The number of benzene rings is 4. The average molecular weight is 922 g/mol. The van der Waals surface area contributed by atoms with Crippen LogP contribution in [0.5, 0.6) is 0 Å². The van der Waals surface area contributed by atoms with Crippen LogP contribution in [0.2, 0.25) is 0 Å². The Morgan fingerprint density at radius 1 is 0.562 bits per heavy atom. The molecule has 0 aliphatic carbocycles. The normalized spacial score (nSPS) is 11.1. The van der Waals surface area contributed by atoms with Crippen molar-refractivity contribution in [2.24, 2.45) is 14.1 Å². The molecule has 64 heavy (non-hydrogen) atoms. The third-order valence-corrected chi connectivity index (χ3v) is 11.5. The van der Waals surface area contributed by atoms with Gasteiger partial charge in [-0.2, -0.15) is 0 Å². The SMILES string of the molecule is C/C=C/C.C/C=C/c1c(NC(=O)CC)ccc2c(-c3ccncc3)c(-c3ccc(F)cc3)n(C)c12.CCC(=O)Nc1ccc2c(-c3ccncc3)c(-c3ccc(F)cc3)n(C)c2c1Br. The highest BCUT2D eigenvalue weighted by atomic mass is 79.9. The van der Waals surface area contributed by atoms with E-state index in [0.29, 0.717) is 12.8 Å². The molecule has 8 nitrogen and oxygen atoms in total. The monoisotopic (exact) mass is 920 g/mol. The van der Waals surface area contributed by atoms with Gasteiger partial charge in [-0.1, -0.05) is 50.3 Å². The Morgan fingerprint density at radius 3 is 1.39 bits per heavy atom. The van der Waals surface area contributed by atoms with Gasteiger partial charge in [-0.25, -0.2) is 8.78 Å². The van der Waals surface area contributed by atoms with Crippen molar-refractivity contribution in [2.75, 3.05) is 10.6 Å². The van der Waals surface area contributed by atoms with Crippen LogP contribution < -0.4 is 10.6 Å². The van der Waals surface area contributed by atoms with Crippen molar-refractivity contribution < 1.29 is 18.4 Å². The number of amides is 2. The highest BCUT2D eigenvalue weighted by molar-refractivity contribution is 9.10. The Kier molecular flexibility index (Phi) is 15.6. The van der Waals surface area contributed by atoms with E-state index in [4.69, 9.17) is 0 Å². The molecule has 0 atom stereocenters. The van der Waals surface area contributed by atoms with Gasteiger partial charge < -0.3 is 19.8 Å². The van der Waals surface area contributed by atoms with E-state index in [1.807, 2.05) is 122 Å². The van der Waals surface area contributed by atoms with Crippen LogP contribution in [0.4, 0.5) is 20.2 Å². The number of hydrogen-bond donors (Lipinski definition) is 2. The van der Waals surface area contributed by atoms with Crippen LogP contribution in [0.3, 0.4) is 0 Å². The average Bonchev–Trinajstić information content (AvgIpc) is 3.79. The Hall–Kier alpha value is -6.98. The first-order valence-electron chi connectivity index (χ1n) is 21.1. The predicted octanol–water partition coefficient (Wildman–Crippen LogP) is 14.2. The Balaban J connectivity index is 0.000000197. The zero-order valence-electron chi connectivity index (χ0n) is 37.0. The van der Waals surface area contributed by atoms with E-state index in [0.717, 1.165) is 88.0 Å². The fourth-order valence-electron chi connectivity index (χ4n) is 7.61. The molecule has 0 saturated heterocycles. The lowest BCUT2D eigenvalue weighted by Gasteiger charge is -2.12. The molecule has 2 N–H and O–H groups in total. The van der Waals surface area contributed by atoms with Crippen molar-refractivity contribution in [2.45, 2.75) is 47.5 Å². The van der Waals surface area contributed by atoms with E-state index in [-0.39, 0.29) is 23.4 Å². The van der Waals surface area contributed by atoms with Crippen LogP contribution >= 0.6 is 15.9 Å². The highest BCUT2D eigenvalue weighted by Gasteiger charge is 2.23. The number of nitrogens with zero attached hydrogens (tertiary/aromatic N) is 4. The first-order valence-corrected chi connectivity index (χ1v) is 21.9. The molecule has 4 aromatic carbocycles. The smallest absolute Gasteiger partial charge is 0.224 e. The van der Waals surface area contributed by atoms with E-state index < -0.39 is 0 Å². The molecule has 0 saturated carbocycles. The van der Waals surface area contributed by atoms with Gasteiger partial charge in [0, 0.05) is 79.2 Å².